The van der Waals surface area contributed by atoms with Crippen LogP contribution in [0.2, 0.25) is 0 Å². The summed E-state index contributed by atoms with van der Waals surface area (Å²) in [6, 6.07) is -0.609. The zero-order valence-electron chi connectivity index (χ0n) is 11.4. The summed E-state index contributed by atoms with van der Waals surface area (Å²) in [7, 11) is 0. The van der Waals surface area contributed by atoms with Crippen molar-refractivity contribution in [2.75, 3.05) is 0 Å². The van der Waals surface area contributed by atoms with E-state index < -0.39 is 12.0 Å². The summed E-state index contributed by atoms with van der Waals surface area (Å²) in [5.41, 5.74) is 5.98. The second kappa shape index (κ2) is 6.29. The fourth-order valence-electron chi connectivity index (χ4n) is 1.52. The monoisotopic (exact) mass is 326 g/mol. The third-order valence-corrected chi connectivity index (χ3v) is 4.68. The number of carbonyl (C=O) groups excluding carboxylic acids is 1. The molecule has 4 N–H and O–H groups in total. The van der Waals surface area contributed by atoms with Crippen LogP contribution in [-0.2, 0) is 0 Å². The van der Waals surface area contributed by atoms with Gasteiger partial charge in [0, 0.05) is 10.8 Å². The molecule has 0 aliphatic carbocycles. The molecule has 2 aromatic heterocycles. The van der Waals surface area contributed by atoms with E-state index in [0.717, 1.165) is 0 Å². The van der Waals surface area contributed by atoms with Crippen LogP contribution in [0.1, 0.15) is 56.9 Å². The van der Waals surface area contributed by atoms with E-state index in [9.17, 15) is 9.59 Å². The Kier molecular flexibility index (Phi) is 4.66. The molecule has 0 saturated carbocycles. The number of nitrogens with two attached hydrogens (primary N) is 1. The molecule has 0 aromatic carbocycles. The van der Waals surface area contributed by atoms with Crippen molar-refractivity contribution >= 4 is 34.6 Å². The summed E-state index contributed by atoms with van der Waals surface area (Å²) < 4.78 is 0. The van der Waals surface area contributed by atoms with Gasteiger partial charge in [0.2, 0.25) is 0 Å². The summed E-state index contributed by atoms with van der Waals surface area (Å²) >= 11 is 2.52. The van der Waals surface area contributed by atoms with Gasteiger partial charge < -0.3 is 16.2 Å². The summed E-state index contributed by atoms with van der Waals surface area (Å²) in [4.78, 5) is 31.0. The second-order valence-corrected chi connectivity index (χ2v) is 6.21. The first-order chi connectivity index (χ1) is 9.88. The third-order valence-electron chi connectivity index (χ3n) is 2.60. The summed E-state index contributed by atoms with van der Waals surface area (Å²) in [5, 5.41) is 15.9. The van der Waals surface area contributed by atoms with E-state index in [4.69, 9.17) is 10.8 Å². The highest BCUT2D eigenvalue weighted by Crippen LogP contribution is 2.20. The largest absolute Gasteiger partial charge is 0.476 e. The Hall–Kier alpha value is -1.84. The van der Waals surface area contributed by atoms with Crippen LogP contribution < -0.4 is 11.1 Å². The number of amides is 1. The van der Waals surface area contributed by atoms with Crippen LogP contribution >= 0.6 is 22.7 Å². The molecule has 0 aliphatic heterocycles. The van der Waals surface area contributed by atoms with Crippen molar-refractivity contribution in [1.82, 2.24) is 15.3 Å². The van der Waals surface area contributed by atoms with Crippen molar-refractivity contribution in [1.29, 1.82) is 0 Å². The van der Waals surface area contributed by atoms with Crippen LogP contribution in [0.3, 0.4) is 0 Å². The fourth-order valence-corrected chi connectivity index (χ4v) is 3.08. The molecule has 0 radical (unpaired) electrons. The lowest BCUT2D eigenvalue weighted by Crippen LogP contribution is -2.27. The Morgan fingerprint density at radius 2 is 1.76 bits per heavy atom. The molecule has 2 atom stereocenters. The SMILES string of the molecule is C[C@H](N)c1nc(C(=O)N[C@@H](C)c2nc(C(=O)O)cs2)cs1. The number of carboxylic acid groups (broad SMARTS) is 1. The molecule has 112 valence electrons. The summed E-state index contributed by atoms with van der Waals surface area (Å²) in [5.74, 6) is -1.42. The number of rotatable bonds is 5. The zero-order chi connectivity index (χ0) is 15.6. The van der Waals surface area contributed by atoms with Gasteiger partial charge in [-0.2, -0.15) is 0 Å². The standard InChI is InChI=1S/C12H14N4O3S2/c1-5(13)10-15-7(3-20-10)9(17)14-6(2)11-16-8(4-21-11)12(18)19/h3-6H,13H2,1-2H3,(H,14,17)(H,18,19)/t5-,6-/m0/s1. The van der Waals surface area contributed by atoms with E-state index in [1.54, 1.807) is 19.2 Å². The normalized spacial score (nSPS) is 13.7. The van der Waals surface area contributed by atoms with Gasteiger partial charge in [0.25, 0.3) is 5.91 Å². The molecule has 2 rings (SSSR count). The number of aromatic nitrogens is 2. The lowest BCUT2D eigenvalue weighted by Gasteiger charge is -2.09. The van der Waals surface area contributed by atoms with Gasteiger partial charge in [0.15, 0.2) is 5.69 Å². The highest BCUT2D eigenvalue weighted by atomic mass is 32.1. The summed E-state index contributed by atoms with van der Waals surface area (Å²) in [6.45, 7) is 3.54. The smallest absolute Gasteiger partial charge is 0.355 e. The van der Waals surface area contributed by atoms with Crippen LogP contribution in [0.25, 0.3) is 0 Å². The van der Waals surface area contributed by atoms with Crippen molar-refractivity contribution in [3.8, 4) is 0 Å². The van der Waals surface area contributed by atoms with Gasteiger partial charge in [0.1, 0.15) is 15.7 Å². The van der Waals surface area contributed by atoms with Gasteiger partial charge in [-0.1, -0.05) is 0 Å². The predicted molar refractivity (Wildman–Crippen MR) is 79.7 cm³/mol. The van der Waals surface area contributed by atoms with Gasteiger partial charge in [-0.3, -0.25) is 4.79 Å². The van der Waals surface area contributed by atoms with Gasteiger partial charge in [-0.15, -0.1) is 22.7 Å². The Morgan fingerprint density at radius 1 is 1.19 bits per heavy atom. The molecule has 0 unspecified atom stereocenters. The lowest BCUT2D eigenvalue weighted by atomic mass is 10.3. The highest BCUT2D eigenvalue weighted by molar-refractivity contribution is 7.10. The molecule has 21 heavy (non-hydrogen) atoms. The molecule has 0 aliphatic rings. The maximum atomic E-state index is 12.1. The minimum absolute atomic E-state index is 0.0241. The maximum absolute atomic E-state index is 12.1. The number of hydrogen-bond donors (Lipinski definition) is 3. The molecule has 2 aromatic rings. The van der Waals surface area contributed by atoms with Gasteiger partial charge in [0.05, 0.1) is 12.1 Å². The molecule has 0 fully saturated rings. The van der Waals surface area contributed by atoms with Crippen molar-refractivity contribution < 1.29 is 14.7 Å². The molecule has 0 saturated heterocycles. The molecule has 9 heteroatoms. The van der Waals surface area contributed by atoms with Crippen molar-refractivity contribution in [2.24, 2.45) is 5.73 Å². The number of nitrogens with one attached hydrogen (secondary N) is 1. The number of carbonyl (C=O) groups is 2. The van der Waals surface area contributed by atoms with Crippen LogP contribution in [0.4, 0.5) is 0 Å². The average molecular weight is 326 g/mol. The minimum Gasteiger partial charge on any atom is -0.476 e. The fraction of sp³-hybridized carbons (Fsp3) is 0.333. The Bertz CT molecular complexity index is 665. The van der Waals surface area contributed by atoms with E-state index in [1.165, 1.54) is 28.1 Å². The molecule has 0 spiro atoms. The lowest BCUT2D eigenvalue weighted by molar-refractivity contribution is 0.0691. The Labute approximate surface area is 128 Å². The Balaban J connectivity index is 2.05. The topological polar surface area (TPSA) is 118 Å². The number of carboxylic acids is 1. The van der Waals surface area contributed by atoms with Crippen LogP contribution in [0.15, 0.2) is 10.8 Å². The van der Waals surface area contributed by atoms with Crippen molar-refractivity contribution in [3.63, 3.8) is 0 Å². The number of nitrogens with zero attached hydrogens (tertiary/aromatic N) is 2. The van der Waals surface area contributed by atoms with E-state index in [1.807, 2.05) is 0 Å². The first-order valence-electron chi connectivity index (χ1n) is 6.09. The second-order valence-electron chi connectivity index (χ2n) is 4.43. The molecule has 7 nitrogen and oxygen atoms in total. The average Bonchev–Trinajstić information content (AvgIpc) is 3.08. The predicted octanol–water partition coefficient (Wildman–Crippen LogP) is 1.81. The van der Waals surface area contributed by atoms with E-state index >= 15 is 0 Å². The van der Waals surface area contributed by atoms with Gasteiger partial charge in [-0.05, 0) is 13.8 Å². The van der Waals surface area contributed by atoms with Gasteiger partial charge in [-0.25, -0.2) is 14.8 Å². The number of aromatic carboxylic acids is 1. The van der Waals surface area contributed by atoms with E-state index in [0.29, 0.717) is 15.7 Å². The first-order valence-corrected chi connectivity index (χ1v) is 7.85. The van der Waals surface area contributed by atoms with E-state index in [2.05, 4.69) is 15.3 Å². The number of hydrogen-bond acceptors (Lipinski definition) is 7. The quantitative estimate of drug-likeness (QED) is 0.771. The van der Waals surface area contributed by atoms with Crippen LogP contribution in [0, 0.1) is 0 Å². The third kappa shape index (κ3) is 3.63. The zero-order valence-corrected chi connectivity index (χ0v) is 13.0. The minimum atomic E-state index is -1.09. The summed E-state index contributed by atoms with van der Waals surface area (Å²) in [6.07, 6.45) is 0. The van der Waals surface area contributed by atoms with Crippen molar-refractivity contribution in [2.45, 2.75) is 25.9 Å². The molecular weight excluding hydrogens is 312 g/mol. The molecular formula is C12H14N4O3S2. The maximum Gasteiger partial charge on any atom is 0.355 e. The molecule has 1 amide bonds. The number of thiazole rings is 2. The van der Waals surface area contributed by atoms with Crippen LogP contribution in [-0.4, -0.2) is 27.0 Å². The molecule has 2 heterocycles. The van der Waals surface area contributed by atoms with E-state index in [-0.39, 0.29) is 17.6 Å². The molecule has 0 bridgehead atoms. The van der Waals surface area contributed by atoms with Gasteiger partial charge >= 0.3 is 5.97 Å². The van der Waals surface area contributed by atoms with Crippen molar-refractivity contribution in [3.05, 3.63) is 32.2 Å². The highest BCUT2D eigenvalue weighted by Gasteiger charge is 2.18. The Morgan fingerprint density at radius 3 is 2.29 bits per heavy atom. The van der Waals surface area contributed by atoms with Crippen LogP contribution in [0.5, 0.6) is 0 Å². The first kappa shape index (κ1) is 15.5.